The van der Waals surface area contributed by atoms with Crippen LogP contribution in [0, 0.1) is 0 Å². The number of ether oxygens (including phenoxy) is 1. The summed E-state index contributed by atoms with van der Waals surface area (Å²) in [6.45, 7) is -0.127. The van der Waals surface area contributed by atoms with E-state index in [1.165, 1.54) is 11.3 Å². The molecule has 2 aromatic rings. The first-order chi connectivity index (χ1) is 7.69. The summed E-state index contributed by atoms with van der Waals surface area (Å²) in [7, 11) is 0. The molecule has 0 spiro atoms. The van der Waals surface area contributed by atoms with Crippen LogP contribution in [0.5, 0.6) is 10.9 Å². The van der Waals surface area contributed by atoms with E-state index in [1.807, 2.05) is 24.3 Å². The minimum atomic E-state index is -0.127. The molecular formula is C10H7BrClNO2S. The highest BCUT2D eigenvalue weighted by molar-refractivity contribution is 9.10. The molecule has 1 N–H and O–H groups in total. The van der Waals surface area contributed by atoms with Gasteiger partial charge in [0.25, 0.3) is 5.19 Å². The maximum Gasteiger partial charge on any atom is 0.280 e. The summed E-state index contributed by atoms with van der Waals surface area (Å²) < 4.78 is 6.43. The minimum Gasteiger partial charge on any atom is -0.431 e. The number of benzene rings is 1. The zero-order valence-corrected chi connectivity index (χ0v) is 11.1. The molecule has 0 atom stereocenters. The van der Waals surface area contributed by atoms with Gasteiger partial charge in [0.15, 0.2) is 0 Å². The van der Waals surface area contributed by atoms with Crippen LogP contribution in [0.1, 0.15) is 4.88 Å². The summed E-state index contributed by atoms with van der Waals surface area (Å²) in [5.41, 5.74) is 0. The first-order valence-corrected chi connectivity index (χ1v) is 6.37. The van der Waals surface area contributed by atoms with E-state index >= 15 is 0 Å². The van der Waals surface area contributed by atoms with Crippen LogP contribution in [0.4, 0.5) is 0 Å². The Morgan fingerprint density at radius 3 is 2.94 bits per heavy atom. The first-order valence-electron chi connectivity index (χ1n) is 4.38. The summed E-state index contributed by atoms with van der Waals surface area (Å²) in [4.78, 5) is 4.60. The van der Waals surface area contributed by atoms with Crippen LogP contribution in [0.3, 0.4) is 0 Å². The van der Waals surface area contributed by atoms with Crippen LogP contribution in [-0.2, 0) is 6.61 Å². The van der Waals surface area contributed by atoms with Gasteiger partial charge in [-0.05, 0) is 18.2 Å². The summed E-state index contributed by atoms with van der Waals surface area (Å²) in [5.74, 6) is 0.671. The molecule has 1 aromatic carbocycles. The number of nitrogens with zero attached hydrogens (tertiary/aromatic N) is 1. The lowest BCUT2D eigenvalue weighted by Gasteiger charge is -2.00. The minimum absolute atomic E-state index is 0.127. The van der Waals surface area contributed by atoms with Crippen molar-refractivity contribution >= 4 is 38.9 Å². The Balaban J connectivity index is 2.20. The van der Waals surface area contributed by atoms with Crippen molar-refractivity contribution in [1.82, 2.24) is 4.98 Å². The van der Waals surface area contributed by atoms with Crippen molar-refractivity contribution in [2.24, 2.45) is 0 Å². The van der Waals surface area contributed by atoms with E-state index in [9.17, 15) is 0 Å². The van der Waals surface area contributed by atoms with E-state index < -0.39 is 0 Å². The van der Waals surface area contributed by atoms with Gasteiger partial charge in [0.1, 0.15) is 10.9 Å². The van der Waals surface area contributed by atoms with Crippen molar-refractivity contribution < 1.29 is 9.84 Å². The van der Waals surface area contributed by atoms with Crippen molar-refractivity contribution in [2.45, 2.75) is 6.61 Å². The van der Waals surface area contributed by atoms with E-state index in [-0.39, 0.29) is 11.8 Å². The highest BCUT2D eigenvalue weighted by Gasteiger charge is 2.09. The zero-order valence-electron chi connectivity index (χ0n) is 7.98. The lowest BCUT2D eigenvalue weighted by Crippen LogP contribution is -1.82. The lowest BCUT2D eigenvalue weighted by molar-refractivity contribution is 0.285. The topological polar surface area (TPSA) is 42.4 Å². The monoisotopic (exact) mass is 319 g/mol. The zero-order chi connectivity index (χ0) is 11.5. The number of halogens is 2. The largest absolute Gasteiger partial charge is 0.431 e. The van der Waals surface area contributed by atoms with Gasteiger partial charge in [0.05, 0.1) is 11.5 Å². The lowest BCUT2D eigenvalue weighted by atomic mass is 10.3. The van der Waals surface area contributed by atoms with E-state index in [4.69, 9.17) is 21.4 Å². The molecule has 0 amide bonds. The van der Waals surface area contributed by atoms with E-state index in [2.05, 4.69) is 20.9 Å². The predicted octanol–water partition coefficient (Wildman–Crippen LogP) is 3.84. The van der Waals surface area contributed by atoms with Crippen molar-refractivity contribution in [2.75, 3.05) is 0 Å². The maximum atomic E-state index is 8.96. The van der Waals surface area contributed by atoms with Crippen LogP contribution < -0.4 is 4.74 Å². The Bertz CT molecular complexity index is 503. The fraction of sp³-hybridized carbons (Fsp3) is 0.100. The molecule has 0 aliphatic heterocycles. The number of rotatable bonds is 3. The number of thiazole rings is 1. The second-order valence-electron chi connectivity index (χ2n) is 2.91. The van der Waals surface area contributed by atoms with Gasteiger partial charge in [-0.3, -0.25) is 0 Å². The summed E-state index contributed by atoms with van der Waals surface area (Å²) >= 11 is 10.4. The summed E-state index contributed by atoms with van der Waals surface area (Å²) in [5, 5.41) is 9.68. The molecule has 2 rings (SSSR count). The molecule has 0 saturated carbocycles. The number of aromatic nitrogens is 1. The average molecular weight is 321 g/mol. The molecule has 84 valence electrons. The fourth-order valence-electron chi connectivity index (χ4n) is 1.09. The van der Waals surface area contributed by atoms with Crippen molar-refractivity contribution in [3.05, 3.63) is 38.8 Å². The molecule has 0 fully saturated rings. The van der Waals surface area contributed by atoms with Crippen LogP contribution in [0.25, 0.3) is 0 Å². The maximum absolute atomic E-state index is 8.96. The number of aliphatic hydroxyl groups is 1. The Morgan fingerprint density at radius 2 is 2.31 bits per heavy atom. The molecule has 3 nitrogen and oxygen atoms in total. The van der Waals surface area contributed by atoms with Crippen LogP contribution in [0.2, 0.25) is 5.15 Å². The molecule has 0 saturated heterocycles. The molecule has 0 radical (unpaired) electrons. The normalized spacial score (nSPS) is 10.4. The van der Waals surface area contributed by atoms with E-state index in [1.54, 1.807) is 0 Å². The highest BCUT2D eigenvalue weighted by atomic mass is 79.9. The molecule has 16 heavy (non-hydrogen) atoms. The molecule has 6 heteroatoms. The number of hydrogen-bond acceptors (Lipinski definition) is 4. The Morgan fingerprint density at radius 1 is 1.50 bits per heavy atom. The smallest absolute Gasteiger partial charge is 0.280 e. The van der Waals surface area contributed by atoms with Crippen molar-refractivity contribution in [3.8, 4) is 10.9 Å². The van der Waals surface area contributed by atoms with Crippen molar-refractivity contribution in [3.63, 3.8) is 0 Å². The molecule has 0 aliphatic carbocycles. The van der Waals surface area contributed by atoms with Gasteiger partial charge < -0.3 is 9.84 Å². The van der Waals surface area contributed by atoms with Gasteiger partial charge in [-0.25, -0.2) is 0 Å². The second kappa shape index (κ2) is 5.14. The van der Waals surface area contributed by atoms with Crippen LogP contribution >= 0.6 is 38.9 Å². The van der Waals surface area contributed by atoms with Crippen LogP contribution in [-0.4, -0.2) is 10.1 Å². The van der Waals surface area contributed by atoms with Gasteiger partial charge in [-0.1, -0.05) is 44.9 Å². The van der Waals surface area contributed by atoms with E-state index in [0.717, 1.165) is 4.47 Å². The standard InChI is InChI=1S/C10H7BrClNO2S/c11-6-2-1-3-7(4-6)15-10-13-9(12)8(5-14)16-10/h1-4,14H,5H2. The fourth-order valence-corrected chi connectivity index (χ4v) is 2.45. The third-order valence-corrected chi connectivity index (χ3v) is 3.61. The van der Waals surface area contributed by atoms with Gasteiger partial charge in [0.2, 0.25) is 0 Å². The molecular weight excluding hydrogens is 314 g/mol. The quantitative estimate of drug-likeness (QED) is 0.934. The summed E-state index contributed by atoms with van der Waals surface area (Å²) in [6.07, 6.45) is 0. The molecule has 1 aromatic heterocycles. The van der Waals surface area contributed by atoms with Gasteiger partial charge >= 0.3 is 0 Å². The number of aliphatic hydroxyl groups excluding tert-OH is 1. The average Bonchev–Trinajstić information content (AvgIpc) is 2.58. The number of hydrogen-bond donors (Lipinski definition) is 1. The molecule has 0 aliphatic rings. The SMILES string of the molecule is OCc1sc(Oc2cccc(Br)c2)nc1Cl. The van der Waals surface area contributed by atoms with Crippen molar-refractivity contribution in [1.29, 1.82) is 0 Å². The Hall–Kier alpha value is -0.620. The molecule has 1 heterocycles. The first kappa shape index (κ1) is 11.9. The Kier molecular flexibility index (Phi) is 3.81. The summed E-state index contributed by atoms with van der Waals surface area (Å²) in [6, 6.07) is 7.41. The molecule has 0 bridgehead atoms. The van der Waals surface area contributed by atoms with Gasteiger partial charge in [0, 0.05) is 4.47 Å². The third kappa shape index (κ3) is 2.74. The second-order valence-corrected chi connectivity index (χ2v) is 5.23. The predicted molar refractivity (Wildman–Crippen MR) is 67.3 cm³/mol. The Labute approximate surface area is 110 Å². The third-order valence-electron chi connectivity index (χ3n) is 1.77. The van der Waals surface area contributed by atoms with E-state index in [0.29, 0.717) is 15.8 Å². The van der Waals surface area contributed by atoms with Gasteiger partial charge in [-0.15, -0.1) is 0 Å². The van der Waals surface area contributed by atoms with Gasteiger partial charge in [-0.2, -0.15) is 4.98 Å². The highest BCUT2D eigenvalue weighted by Crippen LogP contribution is 2.32. The van der Waals surface area contributed by atoms with Crippen LogP contribution in [0.15, 0.2) is 28.7 Å². The molecule has 0 unspecified atom stereocenters.